The van der Waals surface area contributed by atoms with E-state index in [0.29, 0.717) is 5.75 Å². The molecule has 0 fully saturated rings. The molecule has 1 aromatic carbocycles. The Morgan fingerprint density at radius 2 is 2.33 bits per heavy atom. The smallest absolute Gasteiger partial charge is 0.315 e. The molecule has 1 aliphatic carbocycles. The molecule has 4 nitrogen and oxygen atoms in total. The van der Waals surface area contributed by atoms with Crippen molar-refractivity contribution in [3.63, 3.8) is 0 Å². The molecule has 2 amide bonds. The summed E-state index contributed by atoms with van der Waals surface area (Å²) in [7, 11) is 0. The van der Waals surface area contributed by atoms with E-state index in [9.17, 15) is 9.90 Å². The maximum absolute atomic E-state index is 12.0. The lowest BCUT2D eigenvalue weighted by Crippen LogP contribution is -2.46. The number of hydrogen-bond acceptors (Lipinski definition) is 3. The summed E-state index contributed by atoms with van der Waals surface area (Å²) in [4.78, 5) is 12.0. The second-order valence-corrected chi connectivity index (χ2v) is 6.93. The van der Waals surface area contributed by atoms with Gasteiger partial charge in [0.05, 0.1) is 11.6 Å². The van der Waals surface area contributed by atoms with Crippen molar-refractivity contribution in [3.05, 3.63) is 34.3 Å². The zero-order chi connectivity index (χ0) is 15.5. The molecule has 0 aliphatic heterocycles. The number of carbonyl (C=O) groups excluding carboxylic acids is 1. The predicted molar refractivity (Wildman–Crippen MR) is 88.1 cm³/mol. The van der Waals surface area contributed by atoms with Gasteiger partial charge in [-0.05, 0) is 43.2 Å². The van der Waals surface area contributed by atoms with Gasteiger partial charge in [0.1, 0.15) is 0 Å². The van der Waals surface area contributed by atoms with E-state index in [1.807, 2.05) is 24.5 Å². The number of halogens is 1. The highest BCUT2D eigenvalue weighted by Crippen LogP contribution is 2.35. The molecule has 2 unspecified atom stereocenters. The number of benzene rings is 1. The fourth-order valence-corrected chi connectivity index (χ4v) is 3.60. The zero-order valence-electron chi connectivity index (χ0n) is 12.3. The van der Waals surface area contributed by atoms with Crippen LogP contribution >= 0.6 is 23.4 Å². The second-order valence-electron chi connectivity index (χ2n) is 5.66. The fourth-order valence-electron chi connectivity index (χ4n) is 2.60. The highest BCUT2D eigenvalue weighted by atomic mass is 35.5. The van der Waals surface area contributed by atoms with E-state index in [1.54, 1.807) is 18.7 Å². The summed E-state index contributed by atoms with van der Waals surface area (Å²) >= 11 is 7.71. The van der Waals surface area contributed by atoms with E-state index in [4.69, 9.17) is 11.6 Å². The Hall–Kier alpha value is -0.910. The van der Waals surface area contributed by atoms with E-state index in [1.165, 1.54) is 0 Å². The summed E-state index contributed by atoms with van der Waals surface area (Å²) < 4.78 is 0. The fraction of sp³-hybridized carbons (Fsp3) is 0.533. The van der Waals surface area contributed by atoms with Crippen LogP contribution in [-0.4, -0.2) is 35.3 Å². The number of thioether (sulfide) groups is 1. The molecule has 2 rings (SSSR count). The monoisotopic (exact) mass is 328 g/mol. The van der Waals surface area contributed by atoms with Crippen LogP contribution in [0.3, 0.4) is 0 Å². The minimum atomic E-state index is -0.895. The third kappa shape index (κ3) is 4.28. The lowest BCUT2D eigenvalue weighted by atomic mass is 10.1. The van der Waals surface area contributed by atoms with Gasteiger partial charge in [0, 0.05) is 17.3 Å². The Balaban J connectivity index is 1.90. The first-order chi connectivity index (χ1) is 9.93. The van der Waals surface area contributed by atoms with E-state index in [0.717, 1.165) is 29.0 Å². The van der Waals surface area contributed by atoms with Gasteiger partial charge in [-0.25, -0.2) is 4.79 Å². The molecule has 1 aliphatic rings. The molecule has 0 spiro atoms. The van der Waals surface area contributed by atoms with E-state index >= 15 is 0 Å². The average Bonchev–Trinajstić information content (AvgIpc) is 2.81. The van der Waals surface area contributed by atoms with Crippen LogP contribution in [0.4, 0.5) is 4.79 Å². The van der Waals surface area contributed by atoms with Crippen molar-refractivity contribution < 1.29 is 9.90 Å². The van der Waals surface area contributed by atoms with Crippen LogP contribution in [0.2, 0.25) is 5.02 Å². The first kappa shape index (κ1) is 16.5. The van der Waals surface area contributed by atoms with Gasteiger partial charge in [-0.3, -0.25) is 0 Å². The molecule has 0 radical (unpaired) electrons. The van der Waals surface area contributed by atoms with Crippen molar-refractivity contribution in [2.24, 2.45) is 0 Å². The number of aliphatic hydroxyl groups is 1. The summed E-state index contributed by atoms with van der Waals surface area (Å²) in [5.41, 5.74) is 1.32. The van der Waals surface area contributed by atoms with Gasteiger partial charge in [-0.2, -0.15) is 11.8 Å². The van der Waals surface area contributed by atoms with Crippen molar-refractivity contribution in [2.45, 2.75) is 31.4 Å². The first-order valence-electron chi connectivity index (χ1n) is 6.96. The van der Waals surface area contributed by atoms with Gasteiger partial charge < -0.3 is 15.7 Å². The minimum absolute atomic E-state index is 0.0100. The lowest BCUT2D eigenvalue weighted by Gasteiger charge is -2.23. The molecule has 6 heteroatoms. The maximum atomic E-state index is 12.0. The number of hydrogen-bond donors (Lipinski definition) is 3. The molecule has 0 bridgehead atoms. The van der Waals surface area contributed by atoms with Crippen molar-refractivity contribution in [1.29, 1.82) is 0 Å². The van der Waals surface area contributed by atoms with Crippen molar-refractivity contribution >= 4 is 29.4 Å². The average molecular weight is 329 g/mol. The molecule has 116 valence electrons. The molecule has 21 heavy (non-hydrogen) atoms. The van der Waals surface area contributed by atoms with Gasteiger partial charge >= 0.3 is 6.03 Å². The molecule has 0 saturated heterocycles. The minimum Gasteiger partial charge on any atom is -0.387 e. The van der Waals surface area contributed by atoms with Gasteiger partial charge in [-0.15, -0.1) is 0 Å². The lowest BCUT2D eigenvalue weighted by molar-refractivity contribution is 0.0868. The number of fused-ring (bicyclic) bond motifs is 1. The van der Waals surface area contributed by atoms with Gasteiger partial charge in [0.15, 0.2) is 0 Å². The topological polar surface area (TPSA) is 61.4 Å². The second kappa shape index (κ2) is 6.90. The van der Waals surface area contributed by atoms with Crippen molar-refractivity contribution in [1.82, 2.24) is 10.6 Å². The third-order valence-electron chi connectivity index (χ3n) is 3.60. The largest absolute Gasteiger partial charge is 0.387 e. The van der Waals surface area contributed by atoms with Gasteiger partial charge in [0.25, 0.3) is 0 Å². The summed E-state index contributed by atoms with van der Waals surface area (Å²) in [5.74, 6) is 0.579. The molecule has 3 N–H and O–H groups in total. The first-order valence-corrected chi connectivity index (χ1v) is 8.73. The number of rotatable bonds is 5. The van der Waals surface area contributed by atoms with Crippen LogP contribution in [0.1, 0.15) is 30.5 Å². The van der Waals surface area contributed by atoms with Crippen LogP contribution in [0, 0.1) is 0 Å². The number of carbonyl (C=O) groups is 1. The van der Waals surface area contributed by atoms with Crippen LogP contribution in [-0.2, 0) is 6.42 Å². The highest BCUT2D eigenvalue weighted by Gasteiger charge is 2.26. The SMILES string of the molecule is CSCC(C)(O)CNC(=O)NC1CCc2c(Cl)cccc21. The van der Waals surface area contributed by atoms with Gasteiger partial charge in [0.2, 0.25) is 0 Å². The van der Waals surface area contributed by atoms with E-state index < -0.39 is 5.60 Å². The van der Waals surface area contributed by atoms with Crippen LogP contribution in [0.15, 0.2) is 18.2 Å². The Morgan fingerprint density at radius 3 is 3.05 bits per heavy atom. The van der Waals surface area contributed by atoms with Crippen LogP contribution < -0.4 is 10.6 Å². The van der Waals surface area contributed by atoms with Crippen LogP contribution in [0.25, 0.3) is 0 Å². The summed E-state index contributed by atoms with van der Waals surface area (Å²) in [6, 6.07) is 5.52. The molecule has 0 saturated carbocycles. The predicted octanol–water partition coefficient (Wildman–Crippen LogP) is 2.74. The molecule has 0 aromatic heterocycles. The van der Waals surface area contributed by atoms with Crippen molar-refractivity contribution in [2.75, 3.05) is 18.6 Å². The molecular formula is C15H21ClN2O2S. The Labute approximate surface area is 134 Å². The maximum Gasteiger partial charge on any atom is 0.315 e. The standard InChI is InChI=1S/C15H21ClN2O2S/c1-15(20,9-21-2)8-17-14(19)18-13-7-6-10-11(13)4-3-5-12(10)16/h3-5,13,20H,6-9H2,1-2H3,(H2,17,18,19). The zero-order valence-corrected chi connectivity index (χ0v) is 13.9. The van der Waals surface area contributed by atoms with Crippen LogP contribution in [0.5, 0.6) is 0 Å². The Morgan fingerprint density at radius 1 is 1.57 bits per heavy atom. The van der Waals surface area contributed by atoms with E-state index in [2.05, 4.69) is 10.6 Å². The molecule has 2 atom stereocenters. The molecule has 1 aromatic rings. The Bertz CT molecular complexity index is 522. The van der Waals surface area contributed by atoms with E-state index in [-0.39, 0.29) is 18.6 Å². The number of nitrogens with one attached hydrogen (secondary N) is 2. The molecular weight excluding hydrogens is 308 g/mol. The Kier molecular flexibility index (Phi) is 5.41. The number of amides is 2. The highest BCUT2D eigenvalue weighted by molar-refractivity contribution is 7.98. The normalized spacial score (nSPS) is 19.7. The molecule has 0 heterocycles. The number of urea groups is 1. The summed E-state index contributed by atoms with van der Waals surface area (Å²) in [5, 5.41) is 16.5. The summed E-state index contributed by atoms with van der Waals surface area (Å²) in [6.45, 7) is 1.95. The third-order valence-corrected chi connectivity index (χ3v) is 4.87. The van der Waals surface area contributed by atoms with Gasteiger partial charge in [-0.1, -0.05) is 23.7 Å². The van der Waals surface area contributed by atoms with Crippen molar-refractivity contribution in [3.8, 4) is 0 Å². The summed E-state index contributed by atoms with van der Waals surface area (Å²) in [6.07, 6.45) is 3.66. The quantitative estimate of drug-likeness (QED) is 0.779.